The molecule has 6 heteroatoms. The first-order valence-corrected chi connectivity index (χ1v) is 10.5. The predicted molar refractivity (Wildman–Crippen MR) is 105 cm³/mol. The van der Waals surface area contributed by atoms with Gasteiger partial charge in [0.2, 0.25) is 0 Å². The zero-order valence-electron chi connectivity index (χ0n) is 17.1. The predicted octanol–water partition coefficient (Wildman–Crippen LogP) is 2.57. The van der Waals surface area contributed by atoms with Gasteiger partial charge in [-0.05, 0) is 37.0 Å². The van der Waals surface area contributed by atoms with Gasteiger partial charge in [0.15, 0.2) is 6.29 Å². The van der Waals surface area contributed by atoms with Crippen LogP contribution in [0.2, 0.25) is 0 Å². The van der Waals surface area contributed by atoms with Crippen molar-refractivity contribution in [2.24, 2.45) is 10.8 Å². The van der Waals surface area contributed by atoms with E-state index < -0.39 is 5.60 Å². The molecule has 0 amide bonds. The number of aliphatic hydroxyl groups is 2. The Kier molecular flexibility index (Phi) is 4.39. The third kappa shape index (κ3) is 2.66. The molecule has 3 heterocycles. The van der Waals surface area contributed by atoms with Crippen LogP contribution in [-0.2, 0) is 20.8 Å². The second-order valence-electron chi connectivity index (χ2n) is 9.42. The van der Waals surface area contributed by atoms with Gasteiger partial charge in [-0.25, -0.2) is 0 Å². The van der Waals surface area contributed by atoms with Crippen LogP contribution >= 0.6 is 0 Å². The van der Waals surface area contributed by atoms with Crippen molar-refractivity contribution < 1.29 is 29.2 Å². The van der Waals surface area contributed by atoms with Crippen molar-refractivity contribution in [3.63, 3.8) is 0 Å². The largest absolute Gasteiger partial charge is 0.497 e. The summed E-state index contributed by atoms with van der Waals surface area (Å²) < 4.78 is 24.2. The molecule has 3 aliphatic heterocycles. The van der Waals surface area contributed by atoms with Crippen LogP contribution in [0.15, 0.2) is 36.4 Å². The summed E-state index contributed by atoms with van der Waals surface area (Å²) in [6.07, 6.45) is 6.70. The molecule has 3 saturated heterocycles. The Hall–Kier alpha value is -1.44. The second kappa shape index (κ2) is 6.53. The van der Waals surface area contributed by atoms with Crippen molar-refractivity contribution in [2.75, 3.05) is 20.3 Å². The first-order valence-electron chi connectivity index (χ1n) is 10.5. The van der Waals surface area contributed by atoms with Gasteiger partial charge in [0.05, 0.1) is 33.0 Å². The second-order valence-corrected chi connectivity index (χ2v) is 9.42. The van der Waals surface area contributed by atoms with Crippen LogP contribution in [-0.4, -0.2) is 54.1 Å². The van der Waals surface area contributed by atoms with Gasteiger partial charge in [0, 0.05) is 17.3 Å². The summed E-state index contributed by atoms with van der Waals surface area (Å²) in [5.41, 5.74) is -0.835. The number of benzene rings is 1. The van der Waals surface area contributed by atoms with E-state index in [-0.39, 0.29) is 35.4 Å². The van der Waals surface area contributed by atoms with E-state index >= 15 is 0 Å². The first-order chi connectivity index (χ1) is 13.9. The molecule has 0 unspecified atom stereocenters. The van der Waals surface area contributed by atoms with Gasteiger partial charge in [-0.2, -0.15) is 0 Å². The average Bonchev–Trinajstić information content (AvgIpc) is 3.01. The Balaban J connectivity index is 1.35. The molecule has 4 fully saturated rings. The van der Waals surface area contributed by atoms with E-state index in [2.05, 4.69) is 13.0 Å². The Morgan fingerprint density at radius 1 is 1.14 bits per heavy atom. The number of hydrogen-bond acceptors (Lipinski definition) is 6. The maximum Gasteiger partial charge on any atom is 0.168 e. The molecule has 1 saturated carbocycles. The van der Waals surface area contributed by atoms with Crippen LogP contribution < -0.4 is 4.74 Å². The summed E-state index contributed by atoms with van der Waals surface area (Å²) in [5.74, 6) is 0.834. The highest BCUT2D eigenvalue weighted by atomic mass is 16.7. The Morgan fingerprint density at radius 2 is 1.93 bits per heavy atom. The van der Waals surface area contributed by atoms with E-state index in [0.29, 0.717) is 19.6 Å². The molecule has 1 spiro atoms. The zero-order chi connectivity index (χ0) is 20.3. The van der Waals surface area contributed by atoms with Gasteiger partial charge in [0.25, 0.3) is 0 Å². The van der Waals surface area contributed by atoms with Gasteiger partial charge in [0.1, 0.15) is 17.0 Å². The molecule has 6 atom stereocenters. The van der Waals surface area contributed by atoms with Crippen molar-refractivity contribution in [3.05, 3.63) is 42.0 Å². The number of hydrogen-bond donors (Lipinski definition) is 2. The highest BCUT2D eigenvalue weighted by Crippen LogP contribution is 2.73. The fraction of sp³-hybridized carbons (Fsp3) is 0.652. The van der Waals surface area contributed by atoms with E-state index in [1.165, 1.54) is 0 Å². The van der Waals surface area contributed by atoms with E-state index in [4.69, 9.17) is 18.9 Å². The lowest BCUT2D eigenvalue weighted by molar-refractivity contribution is -0.264. The molecule has 1 aromatic rings. The molecule has 2 N–H and O–H groups in total. The van der Waals surface area contributed by atoms with E-state index in [1.54, 1.807) is 13.2 Å². The smallest absolute Gasteiger partial charge is 0.168 e. The Morgan fingerprint density at radius 3 is 2.59 bits per heavy atom. The fourth-order valence-corrected chi connectivity index (χ4v) is 6.08. The van der Waals surface area contributed by atoms with E-state index in [9.17, 15) is 10.2 Å². The average molecular weight is 402 g/mol. The summed E-state index contributed by atoms with van der Waals surface area (Å²) in [5, 5.41) is 20.0. The topological polar surface area (TPSA) is 77.4 Å². The van der Waals surface area contributed by atoms with Crippen LogP contribution in [0.25, 0.3) is 0 Å². The minimum Gasteiger partial charge on any atom is -0.497 e. The monoisotopic (exact) mass is 402 g/mol. The fourth-order valence-electron chi connectivity index (χ4n) is 6.08. The zero-order valence-corrected chi connectivity index (χ0v) is 17.1. The Bertz CT molecular complexity index is 808. The van der Waals surface area contributed by atoms with E-state index in [1.807, 2.05) is 24.3 Å². The maximum absolute atomic E-state index is 10.5. The molecule has 5 aliphatic rings. The molecule has 0 aromatic heterocycles. The van der Waals surface area contributed by atoms with Gasteiger partial charge in [-0.15, -0.1) is 0 Å². The van der Waals surface area contributed by atoms with Crippen LogP contribution in [0.1, 0.15) is 38.2 Å². The molecular formula is C23H30O6. The third-order valence-corrected chi connectivity index (χ3v) is 7.99. The molecule has 0 radical (unpaired) electrons. The minimum atomic E-state index is -1.14. The summed E-state index contributed by atoms with van der Waals surface area (Å²) >= 11 is 0. The van der Waals surface area contributed by atoms with Gasteiger partial charge < -0.3 is 29.2 Å². The molecule has 6 rings (SSSR count). The van der Waals surface area contributed by atoms with E-state index in [0.717, 1.165) is 30.6 Å². The highest BCUT2D eigenvalue weighted by molar-refractivity contribution is 5.31. The van der Waals surface area contributed by atoms with Crippen molar-refractivity contribution in [1.82, 2.24) is 0 Å². The van der Waals surface area contributed by atoms with Crippen LogP contribution in [0.4, 0.5) is 0 Å². The number of methoxy groups -OCH3 is 1. The molecule has 158 valence electrons. The van der Waals surface area contributed by atoms with Crippen LogP contribution in [0.5, 0.6) is 5.75 Å². The van der Waals surface area contributed by atoms with Gasteiger partial charge >= 0.3 is 0 Å². The number of rotatable bonds is 6. The first kappa shape index (κ1) is 19.5. The number of ether oxygens (including phenoxy) is 4. The van der Waals surface area contributed by atoms with Crippen LogP contribution in [0.3, 0.4) is 0 Å². The lowest BCUT2D eigenvalue weighted by Gasteiger charge is -2.50. The van der Waals surface area contributed by atoms with Crippen molar-refractivity contribution >= 4 is 0 Å². The standard InChI is InChI=1S/C23H30O6/c1-20-11-18-12-23(20,15-27-13-16-3-5-17(26-2)6-4-16)29-19(28-18)22(20)9-7-21(25,14-24)8-10-22/h3-7,9,18-19,24-25H,8,10-15H2,1-2H3/t18-,19-,20-,21+,22-,23+/m1/s1. The minimum absolute atomic E-state index is 0.124. The molecular weight excluding hydrogens is 372 g/mol. The summed E-state index contributed by atoms with van der Waals surface area (Å²) in [7, 11) is 1.66. The summed E-state index contributed by atoms with van der Waals surface area (Å²) in [6.45, 7) is 3.07. The normalized spacial score (nSPS) is 44.7. The highest BCUT2D eigenvalue weighted by Gasteiger charge is 2.78. The maximum atomic E-state index is 10.5. The lowest BCUT2D eigenvalue weighted by Crippen LogP contribution is -2.53. The van der Waals surface area contributed by atoms with Crippen LogP contribution in [0, 0.1) is 10.8 Å². The lowest BCUT2D eigenvalue weighted by atomic mass is 9.55. The quantitative estimate of drug-likeness (QED) is 0.713. The van der Waals surface area contributed by atoms with Gasteiger partial charge in [-0.3, -0.25) is 0 Å². The molecule has 6 nitrogen and oxygen atoms in total. The van der Waals surface area contributed by atoms with Gasteiger partial charge in [-0.1, -0.05) is 31.2 Å². The van der Waals surface area contributed by atoms with Crippen molar-refractivity contribution in [1.29, 1.82) is 0 Å². The molecule has 1 aromatic carbocycles. The number of aliphatic hydroxyl groups excluding tert-OH is 1. The summed E-state index contributed by atoms with van der Waals surface area (Å²) in [6, 6.07) is 7.91. The summed E-state index contributed by atoms with van der Waals surface area (Å²) in [4.78, 5) is 0. The molecule has 29 heavy (non-hydrogen) atoms. The molecule has 4 bridgehead atoms. The third-order valence-electron chi connectivity index (χ3n) is 7.99. The van der Waals surface area contributed by atoms with Crippen molar-refractivity contribution in [2.45, 2.75) is 62.8 Å². The van der Waals surface area contributed by atoms with Crippen molar-refractivity contribution in [3.8, 4) is 5.75 Å². The SMILES string of the molecule is COc1ccc(COC[C@@]23C[C@H]4C[C@]2(C)[C@@]2(C=C[C@@](O)(CO)CC2)[C@H](O4)O3)cc1. The Labute approximate surface area is 171 Å². The molecule has 2 aliphatic carbocycles.